The standard InChI is InChI=1S/C6H13NO2S/c1-6(7,4-10-2)3-5(8)9/h3-4,7H2,1-2H3,(H,8,9). The van der Waals surface area contributed by atoms with Gasteiger partial charge in [0.25, 0.3) is 0 Å². The second kappa shape index (κ2) is 3.83. The molecule has 0 aliphatic rings. The molecule has 10 heavy (non-hydrogen) atoms. The van der Waals surface area contributed by atoms with E-state index in [2.05, 4.69) is 0 Å². The fourth-order valence-corrected chi connectivity index (χ4v) is 1.49. The predicted octanol–water partition coefficient (Wildman–Crippen LogP) is 0.542. The van der Waals surface area contributed by atoms with Crippen LogP contribution >= 0.6 is 11.8 Å². The zero-order valence-corrected chi connectivity index (χ0v) is 7.07. The van der Waals surface area contributed by atoms with Gasteiger partial charge in [-0.1, -0.05) is 0 Å². The molecule has 3 N–H and O–H groups in total. The number of carboxylic acid groups (broad SMARTS) is 1. The molecule has 3 nitrogen and oxygen atoms in total. The zero-order valence-electron chi connectivity index (χ0n) is 6.26. The van der Waals surface area contributed by atoms with E-state index in [9.17, 15) is 4.79 Å². The van der Waals surface area contributed by atoms with Crippen LogP contribution in [0, 0.1) is 0 Å². The Morgan fingerprint density at radius 1 is 1.80 bits per heavy atom. The Labute approximate surface area is 65.0 Å². The lowest BCUT2D eigenvalue weighted by Gasteiger charge is -2.20. The van der Waals surface area contributed by atoms with Crippen molar-refractivity contribution in [1.29, 1.82) is 0 Å². The molecule has 0 rings (SSSR count). The smallest absolute Gasteiger partial charge is 0.305 e. The number of aliphatic carboxylic acids is 1. The molecular weight excluding hydrogens is 150 g/mol. The second-order valence-electron chi connectivity index (χ2n) is 2.66. The molecule has 0 saturated carbocycles. The lowest BCUT2D eigenvalue weighted by atomic mass is 10.0. The second-order valence-corrected chi connectivity index (χ2v) is 3.52. The largest absolute Gasteiger partial charge is 0.481 e. The van der Waals surface area contributed by atoms with E-state index in [1.807, 2.05) is 6.26 Å². The van der Waals surface area contributed by atoms with Crippen LogP contribution in [0.25, 0.3) is 0 Å². The molecule has 0 heterocycles. The van der Waals surface area contributed by atoms with Gasteiger partial charge < -0.3 is 10.8 Å². The van der Waals surface area contributed by atoms with E-state index in [-0.39, 0.29) is 6.42 Å². The van der Waals surface area contributed by atoms with Gasteiger partial charge in [0.15, 0.2) is 0 Å². The molecule has 1 unspecified atom stereocenters. The third kappa shape index (κ3) is 4.64. The van der Waals surface area contributed by atoms with Crippen molar-refractivity contribution in [3.63, 3.8) is 0 Å². The van der Waals surface area contributed by atoms with Gasteiger partial charge in [-0.2, -0.15) is 11.8 Å². The number of hydrogen-bond donors (Lipinski definition) is 2. The minimum absolute atomic E-state index is 0.0356. The summed E-state index contributed by atoms with van der Waals surface area (Å²) in [4.78, 5) is 10.2. The minimum Gasteiger partial charge on any atom is -0.481 e. The monoisotopic (exact) mass is 163 g/mol. The van der Waals surface area contributed by atoms with E-state index in [4.69, 9.17) is 10.8 Å². The van der Waals surface area contributed by atoms with Gasteiger partial charge in [-0.05, 0) is 13.2 Å². The summed E-state index contributed by atoms with van der Waals surface area (Å²) in [5, 5.41) is 8.39. The summed E-state index contributed by atoms with van der Waals surface area (Å²) >= 11 is 1.56. The van der Waals surface area contributed by atoms with Crippen molar-refractivity contribution in [3.05, 3.63) is 0 Å². The fraction of sp³-hybridized carbons (Fsp3) is 0.833. The highest BCUT2D eigenvalue weighted by atomic mass is 32.2. The van der Waals surface area contributed by atoms with Crippen LogP contribution in [0.2, 0.25) is 0 Å². The molecule has 0 aliphatic carbocycles. The number of nitrogens with two attached hydrogens (primary N) is 1. The van der Waals surface area contributed by atoms with Crippen LogP contribution in [0.15, 0.2) is 0 Å². The van der Waals surface area contributed by atoms with Gasteiger partial charge in [-0.25, -0.2) is 0 Å². The summed E-state index contributed by atoms with van der Waals surface area (Å²) in [5.74, 6) is -0.154. The van der Waals surface area contributed by atoms with E-state index in [0.717, 1.165) is 0 Å². The topological polar surface area (TPSA) is 63.3 Å². The van der Waals surface area contributed by atoms with Crippen molar-refractivity contribution in [2.75, 3.05) is 12.0 Å². The molecule has 0 aromatic rings. The highest BCUT2D eigenvalue weighted by Gasteiger charge is 2.20. The first-order valence-corrected chi connectivity index (χ1v) is 4.37. The average molecular weight is 163 g/mol. The van der Waals surface area contributed by atoms with E-state index >= 15 is 0 Å². The Bertz CT molecular complexity index is 125. The van der Waals surface area contributed by atoms with Gasteiger partial charge in [0.1, 0.15) is 0 Å². The predicted molar refractivity (Wildman–Crippen MR) is 43.2 cm³/mol. The van der Waals surface area contributed by atoms with Gasteiger partial charge in [0, 0.05) is 11.3 Å². The molecule has 0 spiro atoms. The Morgan fingerprint density at radius 2 is 2.30 bits per heavy atom. The first-order chi connectivity index (χ1) is 4.48. The Hall–Kier alpha value is -0.220. The highest BCUT2D eigenvalue weighted by molar-refractivity contribution is 7.98. The third-order valence-corrected chi connectivity index (χ3v) is 1.98. The zero-order chi connectivity index (χ0) is 8.20. The fourth-order valence-electron chi connectivity index (χ4n) is 0.726. The molecule has 0 aromatic carbocycles. The minimum atomic E-state index is -0.834. The molecule has 60 valence electrons. The Morgan fingerprint density at radius 3 is 2.60 bits per heavy atom. The summed E-state index contributed by atoms with van der Waals surface area (Å²) in [6.07, 6.45) is 1.95. The maximum atomic E-state index is 10.2. The maximum absolute atomic E-state index is 10.2. The number of rotatable bonds is 4. The van der Waals surface area contributed by atoms with E-state index in [0.29, 0.717) is 5.75 Å². The third-order valence-electron chi connectivity index (χ3n) is 1.03. The average Bonchev–Trinajstić information content (AvgIpc) is 1.59. The Kier molecular flexibility index (Phi) is 3.75. The van der Waals surface area contributed by atoms with Crippen LogP contribution < -0.4 is 5.73 Å². The number of thioether (sulfide) groups is 1. The van der Waals surface area contributed by atoms with E-state index < -0.39 is 11.5 Å². The Balaban J connectivity index is 3.74. The molecule has 0 bridgehead atoms. The van der Waals surface area contributed by atoms with Crippen LogP contribution in [0.4, 0.5) is 0 Å². The summed E-state index contributed by atoms with van der Waals surface area (Å²) in [6.45, 7) is 1.75. The van der Waals surface area contributed by atoms with Crippen molar-refractivity contribution in [1.82, 2.24) is 0 Å². The number of carbonyl (C=O) groups is 1. The van der Waals surface area contributed by atoms with Crippen LogP contribution in [0.1, 0.15) is 13.3 Å². The van der Waals surface area contributed by atoms with Crippen LogP contribution in [-0.2, 0) is 4.79 Å². The normalized spacial score (nSPS) is 16.3. The first-order valence-electron chi connectivity index (χ1n) is 2.97. The van der Waals surface area contributed by atoms with Crippen molar-refractivity contribution < 1.29 is 9.90 Å². The van der Waals surface area contributed by atoms with Crippen molar-refractivity contribution in [2.24, 2.45) is 5.73 Å². The van der Waals surface area contributed by atoms with Crippen molar-refractivity contribution >= 4 is 17.7 Å². The number of carboxylic acids is 1. The van der Waals surface area contributed by atoms with Gasteiger partial charge in [0.2, 0.25) is 0 Å². The number of hydrogen-bond acceptors (Lipinski definition) is 3. The molecule has 0 radical (unpaired) electrons. The SMILES string of the molecule is CSCC(C)(N)CC(=O)O. The van der Waals surface area contributed by atoms with Crippen molar-refractivity contribution in [3.8, 4) is 0 Å². The molecular formula is C6H13NO2S. The van der Waals surface area contributed by atoms with E-state index in [1.165, 1.54) is 0 Å². The summed E-state index contributed by atoms with van der Waals surface area (Å²) < 4.78 is 0. The molecule has 0 amide bonds. The molecule has 4 heteroatoms. The van der Waals surface area contributed by atoms with Gasteiger partial charge in [-0.3, -0.25) is 4.79 Å². The van der Waals surface area contributed by atoms with Gasteiger partial charge in [0.05, 0.1) is 6.42 Å². The molecule has 1 atom stereocenters. The lowest BCUT2D eigenvalue weighted by molar-refractivity contribution is -0.138. The molecule has 0 fully saturated rings. The van der Waals surface area contributed by atoms with Crippen molar-refractivity contribution in [2.45, 2.75) is 18.9 Å². The molecule has 0 aliphatic heterocycles. The van der Waals surface area contributed by atoms with Crippen LogP contribution in [-0.4, -0.2) is 28.6 Å². The summed E-state index contributed by atoms with van der Waals surface area (Å²) in [7, 11) is 0. The highest BCUT2D eigenvalue weighted by Crippen LogP contribution is 2.11. The van der Waals surface area contributed by atoms with Gasteiger partial charge >= 0.3 is 5.97 Å². The van der Waals surface area contributed by atoms with Crippen LogP contribution in [0.3, 0.4) is 0 Å². The lowest BCUT2D eigenvalue weighted by Crippen LogP contribution is -2.41. The quantitative estimate of drug-likeness (QED) is 0.635. The summed E-state index contributed by atoms with van der Waals surface area (Å²) in [6, 6.07) is 0. The maximum Gasteiger partial charge on any atom is 0.305 e. The first kappa shape index (κ1) is 9.78. The summed E-state index contributed by atoms with van der Waals surface area (Å²) in [5.41, 5.74) is 5.06. The molecule has 0 aromatic heterocycles. The van der Waals surface area contributed by atoms with Gasteiger partial charge in [-0.15, -0.1) is 0 Å². The molecule has 0 saturated heterocycles. The van der Waals surface area contributed by atoms with E-state index in [1.54, 1.807) is 18.7 Å². The van der Waals surface area contributed by atoms with Crippen LogP contribution in [0.5, 0.6) is 0 Å².